The molecule has 0 saturated carbocycles. The van der Waals surface area contributed by atoms with E-state index in [1.165, 1.54) is 10.8 Å². The third kappa shape index (κ3) is 3.34. The first-order valence-corrected chi connectivity index (χ1v) is 9.66. The Kier molecular flexibility index (Phi) is 5.16. The first-order chi connectivity index (χ1) is 13.3. The molecule has 0 unspecified atom stereocenters. The number of hydrogen-bond donors (Lipinski definition) is 2. The molecule has 0 amide bonds. The Morgan fingerprint density at radius 1 is 1.15 bits per heavy atom. The minimum absolute atomic E-state index is 0.139. The number of hydrogen-bond acceptors (Lipinski definition) is 5. The van der Waals surface area contributed by atoms with Crippen LogP contribution in [0, 0.1) is 0 Å². The first-order valence-electron chi connectivity index (χ1n) is 9.66. The zero-order chi connectivity index (χ0) is 18.7. The van der Waals surface area contributed by atoms with E-state index >= 15 is 0 Å². The second-order valence-electron chi connectivity index (χ2n) is 7.09. The fourth-order valence-corrected chi connectivity index (χ4v) is 4.17. The van der Waals surface area contributed by atoms with Crippen LogP contribution in [0.1, 0.15) is 19.2 Å². The van der Waals surface area contributed by atoms with Crippen LogP contribution in [0.25, 0.3) is 22.0 Å². The summed E-state index contributed by atoms with van der Waals surface area (Å²) in [7, 11) is 0. The largest absolute Gasteiger partial charge is 0.395 e. The van der Waals surface area contributed by atoms with Gasteiger partial charge in [-0.05, 0) is 42.4 Å². The van der Waals surface area contributed by atoms with E-state index in [-0.39, 0.29) is 12.1 Å². The third-order valence-electron chi connectivity index (χ3n) is 5.61. The van der Waals surface area contributed by atoms with Gasteiger partial charge in [0.1, 0.15) is 0 Å². The third-order valence-corrected chi connectivity index (χ3v) is 5.61. The maximum absolute atomic E-state index is 9.52. The summed E-state index contributed by atoms with van der Waals surface area (Å²) in [6.45, 7) is 5.49. The molecule has 2 aromatic carbocycles. The van der Waals surface area contributed by atoms with E-state index in [9.17, 15) is 5.11 Å². The average Bonchev–Trinajstić information content (AvgIpc) is 3.23. The van der Waals surface area contributed by atoms with E-state index in [1.807, 2.05) is 12.3 Å². The van der Waals surface area contributed by atoms with Crippen LogP contribution in [0.2, 0.25) is 0 Å². The summed E-state index contributed by atoms with van der Waals surface area (Å²) in [5.41, 5.74) is 1.78. The molecule has 140 valence electrons. The minimum atomic E-state index is -0.260. The molecular weight excluding hydrogens is 336 g/mol. The van der Waals surface area contributed by atoms with Crippen molar-refractivity contribution in [3.8, 4) is 11.3 Å². The van der Waals surface area contributed by atoms with Gasteiger partial charge in [-0.25, -0.2) is 9.97 Å². The number of benzene rings is 2. The van der Waals surface area contributed by atoms with Gasteiger partial charge in [0, 0.05) is 24.8 Å². The van der Waals surface area contributed by atoms with E-state index in [4.69, 9.17) is 4.98 Å². The Morgan fingerprint density at radius 2 is 2.00 bits per heavy atom. The Bertz CT molecular complexity index is 921. The summed E-state index contributed by atoms with van der Waals surface area (Å²) in [4.78, 5) is 11.9. The summed E-state index contributed by atoms with van der Waals surface area (Å²) < 4.78 is 0. The maximum Gasteiger partial charge on any atom is 0.150 e. The van der Waals surface area contributed by atoms with Crippen LogP contribution in [0.4, 0.5) is 0 Å². The highest BCUT2D eigenvalue weighted by Gasteiger charge is 2.43. The predicted octanol–water partition coefficient (Wildman–Crippen LogP) is 2.80. The van der Waals surface area contributed by atoms with Crippen molar-refractivity contribution in [2.75, 3.05) is 32.8 Å². The molecule has 5 heteroatoms. The number of aliphatic hydroxyl groups excluding tert-OH is 1. The highest BCUT2D eigenvalue weighted by molar-refractivity contribution is 5.86. The lowest BCUT2D eigenvalue weighted by Crippen LogP contribution is -2.50. The molecule has 0 spiro atoms. The van der Waals surface area contributed by atoms with Crippen molar-refractivity contribution in [3.63, 3.8) is 0 Å². The zero-order valence-electron chi connectivity index (χ0n) is 15.7. The summed E-state index contributed by atoms with van der Waals surface area (Å²) in [6.07, 6.45) is 2.81. The van der Waals surface area contributed by atoms with Gasteiger partial charge >= 0.3 is 0 Å². The van der Waals surface area contributed by atoms with Crippen molar-refractivity contribution in [3.05, 3.63) is 60.6 Å². The molecular formula is C22H26N4O. The summed E-state index contributed by atoms with van der Waals surface area (Å²) in [6, 6.07) is 16.8. The molecule has 27 heavy (non-hydrogen) atoms. The van der Waals surface area contributed by atoms with Crippen molar-refractivity contribution in [1.29, 1.82) is 0 Å². The molecule has 3 aromatic rings. The average molecular weight is 362 g/mol. The van der Waals surface area contributed by atoms with Gasteiger partial charge in [-0.2, -0.15) is 0 Å². The van der Waals surface area contributed by atoms with Crippen molar-refractivity contribution in [1.82, 2.24) is 20.2 Å². The van der Waals surface area contributed by atoms with Gasteiger partial charge in [0.05, 0.1) is 17.8 Å². The summed E-state index contributed by atoms with van der Waals surface area (Å²) in [5, 5.41) is 15.4. The Hall–Kier alpha value is -2.34. The molecule has 5 nitrogen and oxygen atoms in total. The van der Waals surface area contributed by atoms with Gasteiger partial charge in [-0.3, -0.25) is 4.90 Å². The lowest BCUT2D eigenvalue weighted by molar-refractivity contribution is 0.0772. The topological polar surface area (TPSA) is 61.3 Å². The van der Waals surface area contributed by atoms with Crippen LogP contribution < -0.4 is 5.32 Å². The van der Waals surface area contributed by atoms with E-state index in [1.54, 1.807) is 0 Å². The number of fused-ring (bicyclic) bond motifs is 1. The number of nitrogens with zero attached hydrogens (tertiary/aromatic N) is 3. The van der Waals surface area contributed by atoms with Crippen LogP contribution >= 0.6 is 0 Å². The monoisotopic (exact) mass is 362 g/mol. The molecule has 0 radical (unpaired) electrons. The normalized spacial score (nSPS) is 19.8. The second kappa shape index (κ2) is 7.72. The minimum Gasteiger partial charge on any atom is -0.395 e. The van der Waals surface area contributed by atoms with Crippen LogP contribution in [0.15, 0.2) is 54.7 Å². The Balaban J connectivity index is 1.76. The van der Waals surface area contributed by atoms with Crippen LogP contribution in [0.5, 0.6) is 0 Å². The molecule has 0 aliphatic carbocycles. The number of rotatable bonds is 6. The van der Waals surface area contributed by atoms with Gasteiger partial charge in [0.15, 0.2) is 5.82 Å². The quantitative estimate of drug-likeness (QED) is 0.706. The molecule has 4 rings (SSSR count). The van der Waals surface area contributed by atoms with E-state index in [0.29, 0.717) is 6.54 Å². The lowest BCUT2D eigenvalue weighted by atomic mass is 9.94. The SMILES string of the molecule is CCN(CCO)[C@]1(c2nccc(-c3ccc4ccccc4c3)n2)CCNC1. The van der Waals surface area contributed by atoms with Gasteiger partial charge in [-0.1, -0.05) is 43.3 Å². The Morgan fingerprint density at radius 3 is 2.74 bits per heavy atom. The summed E-state index contributed by atoms with van der Waals surface area (Å²) in [5.74, 6) is 0.841. The maximum atomic E-state index is 9.52. The van der Waals surface area contributed by atoms with E-state index in [0.717, 1.165) is 43.1 Å². The molecule has 1 aliphatic heterocycles. The molecule has 1 saturated heterocycles. The van der Waals surface area contributed by atoms with E-state index in [2.05, 4.69) is 64.6 Å². The van der Waals surface area contributed by atoms with Gasteiger partial charge in [-0.15, -0.1) is 0 Å². The van der Waals surface area contributed by atoms with Crippen molar-refractivity contribution >= 4 is 10.8 Å². The molecule has 1 aromatic heterocycles. The molecule has 1 aliphatic rings. The number of aliphatic hydroxyl groups is 1. The van der Waals surface area contributed by atoms with Gasteiger partial charge in [0.25, 0.3) is 0 Å². The molecule has 1 fully saturated rings. The van der Waals surface area contributed by atoms with Crippen LogP contribution in [-0.4, -0.2) is 52.8 Å². The predicted molar refractivity (Wildman–Crippen MR) is 108 cm³/mol. The standard InChI is InChI=1S/C22H26N4O/c1-2-26(13-14-27)22(10-12-23-16-22)21-24-11-9-20(25-21)19-8-7-17-5-3-4-6-18(17)15-19/h3-9,11,15,23,27H,2,10,12-14,16H2,1H3/t22-/m1/s1. The molecule has 2 heterocycles. The number of likely N-dealkylation sites (N-methyl/N-ethyl adjacent to an activating group) is 1. The van der Waals surface area contributed by atoms with Crippen LogP contribution in [0.3, 0.4) is 0 Å². The number of nitrogens with one attached hydrogen (secondary N) is 1. The van der Waals surface area contributed by atoms with Crippen LogP contribution in [-0.2, 0) is 5.54 Å². The molecule has 2 N–H and O–H groups in total. The molecule has 1 atom stereocenters. The number of aromatic nitrogens is 2. The smallest absolute Gasteiger partial charge is 0.150 e. The highest BCUT2D eigenvalue weighted by atomic mass is 16.3. The first kappa shape index (κ1) is 18.0. The Labute approximate surface area is 160 Å². The van der Waals surface area contributed by atoms with E-state index < -0.39 is 0 Å². The van der Waals surface area contributed by atoms with Crippen molar-refractivity contribution in [2.24, 2.45) is 0 Å². The second-order valence-corrected chi connectivity index (χ2v) is 7.09. The summed E-state index contributed by atoms with van der Waals surface area (Å²) >= 11 is 0. The lowest BCUT2D eigenvalue weighted by Gasteiger charge is -2.38. The van der Waals surface area contributed by atoms with Crippen molar-refractivity contribution in [2.45, 2.75) is 18.9 Å². The zero-order valence-corrected chi connectivity index (χ0v) is 15.7. The molecule has 0 bridgehead atoms. The highest BCUT2D eigenvalue weighted by Crippen LogP contribution is 2.33. The fraction of sp³-hybridized carbons (Fsp3) is 0.364. The fourth-order valence-electron chi connectivity index (χ4n) is 4.17. The van der Waals surface area contributed by atoms with Crippen molar-refractivity contribution < 1.29 is 5.11 Å². The van der Waals surface area contributed by atoms with Gasteiger partial charge in [0.2, 0.25) is 0 Å². The van der Waals surface area contributed by atoms with Gasteiger partial charge < -0.3 is 10.4 Å².